The summed E-state index contributed by atoms with van der Waals surface area (Å²) in [5.74, 6) is 2.20. The number of carbonyl (C=O) groups excluding carboxylic acids is 1. The van der Waals surface area contributed by atoms with Crippen molar-refractivity contribution < 1.29 is 14.6 Å². The minimum Gasteiger partial charge on any atom is -0.494 e. The molecule has 2 aromatic rings. The van der Waals surface area contributed by atoms with Gasteiger partial charge in [-0.15, -0.1) is 0 Å². The summed E-state index contributed by atoms with van der Waals surface area (Å²) in [6.07, 6.45) is 11.0. The second kappa shape index (κ2) is 10.8. The number of benzene rings is 1. The third-order valence-corrected chi connectivity index (χ3v) is 10.3. The number of allylic oxidation sites excluding steroid dienone is 3. The predicted octanol–water partition coefficient (Wildman–Crippen LogP) is 5.46. The number of aliphatic hydroxyl groups is 1. The summed E-state index contributed by atoms with van der Waals surface area (Å²) < 4.78 is 6.03. The number of ether oxygens (including phenoxy) is 1. The monoisotopic (exact) mass is 567 g/mol. The Morgan fingerprint density at radius 1 is 1.26 bits per heavy atom. The van der Waals surface area contributed by atoms with Crippen molar-refractivity contribution in [2.24, 2.45) is 11.3 Å². The van der Waals surface area contributed by atoms with E-state index in [1.807, 2.05) is 0 Å². The molecule has 8 nitrogen and oxygen atoms in total. The molecule has 2 aliphatic heterocycles. The molecule has 220 valence electrons. The van der Waals surface area contributed by atoms with E-state index in [4.69, 9.17) is 9.72 Å². The van der Waals surface area contributed by atoms with E-state index in [1.54, 1.807) is 37.6 Å². The van der Waals surface area contributed by atoms with Crippen LogP contribution in [-0.4, -0.2) is 54.7 Å². The number of aromatic nitrogens is 1. The van der Waals surface area contributed by atoms with E-state index in [9.17, 15) is 15.2 Å². The van der Waals surface area contributed by atoms with Crippen LogP contribution in [0.2, 0.25) is 0 Å². The van der Waals surface area contributed by atoms with Crippen LogP contribution in [0.4, 0.5) is 11.5 Å². The van der Waals surface area contributed by atoms with E-state index >= 15 is 0 Å². The Kier molecular flexibility index (Phi) is 7.26. The van der Waals surface area contributed by atoms with Gasteiger partial charge in [-0.05, 0) is 69.1 Å². The summed E-state index contributed by atoms with van der Waals surface area (Å²) in [6.45, 7) is 6.76. The highest BCUT2D eigenvalue weighted by atomic mass is 16.5. The number of pyridine rings is 1. The van der Waals surface area contributed by atoms with Crippen molar-refractivity contribution in [1.82, 2.24) is 9.88 Å². The Balaban J connectivity index is 1.23. The first kappa shape index (κ1) is 28.3. The largest absolute Gasteiger partial charge is 0.494 e. The highest BCUT2D eigenvalue weighted by molar-refractivity contribution is 5.87. The Hall–Kier alpha value is -3.83. The van der Waals surface area contributed by atoms with Gasteiger partial charge in [0.2, 0.25) is 5.91 Å². The number of rotatable bonds is 6. The Morgan fingerprint density at radius 3 is 2.79 bits per heavy atom. The highest BCUT2D eigenvalue weighted by Crippen LogP contribution is 2.53. The molecule has 1 amide bonds. The SMILES string of the molecule is COc1c(NC(O)c2cccc(C#N)c2)cnc2c1C(C)(C1CCN(C(=O)C3(C)CC=CC4=C3CCC4)CC1)CN2C. The Labute approximate surface area is 248 Å². The van der Waals surface area contributed by atoms with Crippen molar-refractivity contribution in [3.8, 4) is 11.8 Å². The summed E-state index contributed by atoms with van der Waals surface area (Å²) in [5, 5.41) is 23.4. The Morgan fingerprint density at radius 2 is 2.05 bits per heavy atom. The number of hydrogen-bond donors (Lipinski definition) is 2. The van der Waals surface area contributed by atoms with E-state index in [1.165, 1.54) is 11.1 Å². The van der Waals surface area contributed by atoms with Crippen LogP contribution in [0.15, 0.2) is 53.8 Å². The van der Waals surface area contributed by atoms with E-state index < -0.39 is 11.6 Å². The summed E-state index contributed by atoms with van der Waals surface area (Å²) in [6, 6.07) is 9.05. The van der Waals surface area contributed by atoms with Gasteiger partial charge in [0.05, 0.1) is 36.0 Å². The number of methoxy groups -OCH3 is 1. The van der Waals surface area contributed by atoms with E-state index in [0.29, 0.717) is 28.5 Å². The number of fused-ring (bicyclic) bond motifs is 1. The number of amides is 1. The minimum atomic E-state index is -1.03. The molecule has 0 spiro atoms. The quantitative estimate of drug-likeness (QED) is 0.447. The third kappa shape index (κ3) is 4.55. The van der Waals surface area contributed by atoms with Crippen LogP contribution in [-0.2, 0) is 10.2 Å². The van der Waals surface area contributed by atoms with Gasteiger partial charge < -0.3 is 25.0 Å². The number of likely N-dealkylation sites (tertiary alicyclic amines) is 1. The summed E-state index contributed by atoms with van der Waals surface area (Å²) >= 11 is 0. The van der Waals surface area contributed by atoms with Gasteiger partial charge in [-0.3, -0.25) is 4.79 Å². The maximum Gasteiger partial charge on any atom is 0.232 e. The fourth-order valence-corrected chi connectivity index (χ4v) is 8.02. The van der Waals surface area contributed by atoms with Gasteiger partial charge in [-0.25, -0.2) is 4.98 Å². The highest BCUT2D eigenvalue weighted by Gasteiger charge is 2.50. The second-order valence-electron chi connectivity index (χ2n) is 12.8. The molecule has 1 aromatic heterocycles. The molecule has 1 aromatic carbocycles. The lowest BCUT2D eigenvalue weighted by Crippen LogP contribution is -2.50. The zero-order valence-electron chi connectivity index (χ0n) is 25.1. The predicted molar refractivity (Wildman–Crippen MR) is 163 cm³/mol. The molecule has 3 atom stereocenters. The van der Waals surface area contributed by atoms with Crippen molar-refractivity contribution >= 4 is 17.4 Å². The zero-order chi connectivity index (χ0) is 29.6. The maximum absolute atomic E-state index is 14.0. The molecular formula is C34H41N5O3. The van der Waals surface area contributed by atoms with Crippen LogP contribution in [0.25, 0.3) is 0 Å². The molecule has 8 heteroatoms. The van der Waals surface area contributed by atoms with Gasteiger partial charge in [-0.2, -0.15) is 5.26 Å². The molecule has 3 heterocycles. The molecule has 1 saturated heterocycles. The molecule has 2 N–H and O–H groups in total. The number of nitriles is 1. The van der Waals surface area contributed by atoms with Crippen LogP contribution in [0.5, 0.6) is 5.75 Å². The lowest BCUT2D eigenvalue weighted by molar-refractivity contribution is -0.141. The van der Waals surface area contributed by atoms with Crippen LogP contribution >= 0.6 is 0 Å². The fourth-order valence-electron chi connectivity index (χ4n) is 8.02. The number of likely N-dealkylation sites (N-methyl/N-ethyl adjacent to an activating group) is 1. The maximum atomic E-state index is 14.0. The smallest absolute Gasteiger partial charge is 0.232 e. The number of hydrogen-bond acceptors (Lipinski definition) is 7. The van der Waals surface area contributed by atoms with Gasteiger partial charge >= 0.3 is 0 Å². The second-order valence-corrected chi connectivity index (χ2v) is 12.8. The van der Waals surface area contributed by atoms with Gasteiger partial charge in [0, 0.05) is 43.2 Å². The van der Waals surface area contributed by atoms with Crippen molar-refractivity contribution in [1.29, 1.82) is 5.26 Å². The lowest BCUT2D eigenvalue weighted by atomic mass is 9.68. The van der Waals surface area contributed by atoms with E-state index in [-0.39, 0.29) is 11.3 Å². The van der Waals surface area contributed by atoms with Crippen molar-refractivity contribution in [2.75, 3.05) is 44.0 Å². The first-order valence-electron chi connectivity index (χ1n) is 15.1. The lowest BCUT2D eigenvalue weighted by Gasteiger charge is -2.44. The topological polar surface area (TPSA) is 102 Å². The molecular weight excluding hydrogens is 526 g/mol. The molecule has 4 aliphatic rings. The third-order valence-electron chi connectivity index (χ3n) is 10.3. The van der Waals surface area contributed by atoms with Crippen LogP contribution in [0.1, 0.15) is 75.3 Å². The molecule has 1 fully saturated rings. The van der Waals surface area contributed by atoms with Crippen molar-refractivity contribution in [3.63, 3.8) is 0 Å². The number of aliphatic hydroxyl groups excluding tert-OH is 1. The zero-order valence-corrected chi connectivity index (χ0v) is 25.1. The normalized spacial score (nSPS) is 26.1. The first-order valence-corrected chi connectivity index (χ1v) is 15.1. The van der Waals surface area contributed by atoms with Crippen molar-refractivity contribution in [3.05, 3.63) is 70.5 Å². The summed E-state index contributed by atoms with van der Waals surface area (Å²) in [7, 11) is 3.73. The fraction of sp³-hybridized carbons (Fsp3) is 0.500. The minimum absolute atomic E-state index is 0.237. The molecule has 3 unspecified atom stereocenters. The number of nitrogens with zero attached hydrogens (tertiary/aromatic N) is 4. The average molecular weight is 568 g/mol. The summed E-state index contributed by atoms with van der Waals surface area (Å²) in [4.78, 5) is 23.1. The van der Waals surface area contributed by atoms with Gasteiger partial charge in [0.1, 0.15) is 5.82 Å². The molecule has 42 heavy (non-hydrogen) atoms. The van der Waals surface area contributed by atoms with Crippen LogP contribution in [0.3, 0.4) is 0 Å². The van der Waals surface area contributed by atoms with Gasteiger partial charge in [0.25, 0.3) is 0 Å². The number of nitrogens with one attached hydrogen (secondary N) is 1. The molecule has 0 radical (unpaired) electrons. The molecule has 0 saturated carbocycles. The number of carbonyl (C=O) groups is 1. The molecule has 6 rings (SSSR count). The van der Waals surface area contributed by atoms with Crippen LogP contribution < -0.4 is 15.0 Å². The standard InChI is InChI=1S/C34H41N5O3/c1-33(15-7-11-23-9-6-12-26(23)33)32(41)39-16-13-25(14-17-39)34(2)21-38(3)30-28(34)29(42-4)27(20-36-30)37-31(40)24-10-5-8-22(18-24)19-35/h5,7-8,10-11,18,20,25,31,37,40H,6,9,12-17,21H2,1-4H3. The van der Waals surface area contributed by atoms with Gasteiger partial charge in [-0.1, -0.05) is 36.8 Å². The van der Waals surface area contributed by atoms with E-state index in [2.05, 4.69) is 54.2 Å². The molecule has 0 bridgehead atoms. The number of piperidine rings is 1. The summed E-state index contributed by atoms with van der Waals surface area (Å²) in [5.41, 5.74) is 4.85. The first-order chi connectivity index (χ1) is 20.2. The molecule has 2 aliphatic carbocycles. The number of anilines is 2. The van der Waals surface area contributed by atoms with Crippen molar-refractivity contribution in [2.45, 2.75) is 64.0 Å². The van der Waals surface area contributed by atoms with Gasteiger partial charge in [0.15, 0.2) is 12.0 Å². The Bertz CT molecular complexity index is 1500. The average Bonchev–Trinajstić information content (AvgIpc) is 3.60. The van der Waals surface area contributed by atoms with E-state index in [0.717, 1.165) is 69.5 Å². The van der Waals surface area contributed by atoms with Crippen LogP contribution in [0, 0.1) is 22.7 Å².